The molecule has 1 aliphatic rings. The van der Waals surface area contributed by atoms with Crippen molar-refractivity contribution < 1.29 is 4.74 Å². The Bertz CT molecular complexity index is 500. The zero-order valence-electron chi connectivity index (χ0n) is 18.4. The van der Waals surface area contributed by atoms with Gasteiger partial charge in [0.2, 0.25) is 0 Å². The Morgan fingerprint density at radius 1 is 0.926 bits per heavy atom. The lowest BCUT2D eigenvalue weighted by atomic mass is 9.82. The number of unbranched alkanes of at least 4 members (excludes halogenated alkanes) is 5. The average molecular weight is 374 g/mol. The van der Waals surface area contributed by atoms with E-state index in [0.29, 0.717) is 0 Å². The van der Waals surface area contributed by atoms with Crippen molar-refractivity contribution in [2.24, 2.45) is 5.92 Å². The first kappa shape index (κ1) is 22.3. The van der Waals surface area contributed by atoms with Crippen molar-refractivity contribution in [2.45, 2.75) is 90.9 Å². The molecule has 1 aliphatic heterocycles. The van der Waals surface area contributed by atoms with E-state index in [1.807, 2.05) is 0 Å². The number of ether oxygens (including phenoxy) is 1. The molecule has 1 aromatic carbocycles. The smallest absolute Gasteiger partial charge is 0.119 e. The van der Waals surface area contributed by atoms with E-state index in [4.69, 9.17) is 4.74 Å². The fourth-order valence-electron chi connectivity index (χ4n) is 3.83. The summed E-state index contributed by atoms with van der Waals surface area (Å²) in [5.41, 5.74) is 1.65. The first-order valence-corrected chi connectivity index (χ1v) is 11.5. The van der Waals surface area contributed by atoms with Gasteiger partial charge in [-0.1, -0.05) is 65.5 Å². The molecule has 0 N–H and O–H groups in total. The van der Waals surface area contributed by atoms with Crippen molar-refractivity contribution in [1.82, 2.24) is 4.90 Å². The number of hydrogen-bond donors (Lipinski definition) is 0. The maximum Gasteiger partial charge on any atom is 0.119 e. The van der Waals surface area contributed by atoms with Crippen LogP contribution in [0, 0.1) is 5.92 Å². The second-order valence-corrected chi connectivity index (χ2v) is 9.26. The summed E-state index contributed by atoms with van der Waals surface area (Å²) in [7, 11) is 0. The van der Waals surface area contributed by atoms with Crippen LogP contribution in [0.15, 0.2) is 24.3 Å². The molecule has 1 fully saturated rings. The van der Waals surface area contributed by atoms with Crippen LogP contribution in [0.25, 0.3) is 0 Å². The fraction of sp³-hybridized carbons (Fsp3) is 0.760. The van der Waals surface area contributed by atoms with Gasteiger partial charge in [0, 0.05) is 0 Å². The van der Waals surface area contributed by atoms with Crippen molar-refractivity contribution in [2.75, 3.05) is 26.2 Å². The lowest BCUT2D eigenvalue weighted by molar-refractivity contribution is 0.189. The van der Waals surface area contributed by atoms with Gasteiger partial charge in [-0.25, -0.2) is 0 Å². The van der Waals surface area contributed by atoms with E-state index in [1.54, 1.807) is 0 Å². The number of piperidine rings is 1. The molecule has 2 heteroatoms. The summed E-state index contributed by atoms with van der Waals surface area (Å²) in [4.78, 5) is 2.67. The highest BCUT2D eigenvalue weighted by atomic mass is 16.5. The van der Waals surface area contributed by atoms with Gasteiger partial charge >= 0.3 is 0 Å². The van der Waals surface area contributed by atoms with Gasteiger partial charge in [0.05, 0.1) is 6.61 Å². The number of nitrogens with zero attached hydrogens (tertiary/aromatic N) is 1. The van der Waals surface area contributed by atoms with Crippen molar-refractivity contribution in [1.29, 1.82) is 0 Å². The molecule has 0 bridgehead atoms. The molecule has 0 amide bonds. The van der Waals surface area contributed by atoms with Gasteiger partial charge in [-0.15, -0.1) is 0 Å². The van der Waals surface area contributed by atoms with Crippen LogP contribution in [0.4, 0.5) is 0 Å². The first-order valence-electron chi connectivity index (χ1n) is 11.5. The van der Waals surface area contributed by atoms with E-state index in [9.17, 15) is 0 Å². The predicted molar refractivity (Wildman–Crippen MR) is 118 cm³/mol. The second-order valence-electron chi connectivity index (χ2n) is 9.26. The molecule has 0 radical (unpaired) electrons. The summed E-state index contributed by atoms with van der Waals surface area (Å²) in [5.74, 6) is 1.96. The molecule has 0 aromatic heterocycles. The highest BCUT2D eigenvalue weighted by Gasteiger charge is 2.17. The molecule has 1 heterocycles. The molecular formula is C25H43NO. The van der Waals surface area contributed by atoms with Gasteiger partial charge in [-0.3, -0.25) is 0 Å². The van der Waals surface area contributed by atoms with E-state index in [1.165, 1.54) is 76.6 Å². The molecule has 27 heavy (non-hydrogen) atoms. The second kappa shape index (κ2) is 11.7. The number of rotatable bonds is 12. The molecule has 1 aromatic rings. The minimum absolute atomic E-state index is 0.255. The predicted octanol–water partition coefficient (Wildman–Crippen LogP) is 6.83. The Labute approximate surface area is 168 Å². The number of likely N-dealkylation sites (tertiary alicyclic amines) is 1. The Morgan fingerprint density at radius 2 is 1.52 bits per heavy atom. The SMILES string of the molecule is CCC(C)(C)c1ccc(OCCCCCCCCN2CCC(C)CC2)cc1. The molecule has 154 valence electrons. The normalized spacial score (nSPS) is 16.6. The molecule has 2 nitrogen and oxygen atoms in total. The third-order valence-electron chi connectivity index (χ3n) is 6.53. The molecule has 0 aliphatic carbocycles. The zero-order valence-corrected chi connectivity index (χ0v) is 18.4. The van der Waals surface area contributed by atoms with E-state index in [2.05, 4.69) is 56.9 Å². The van der Waals surface area contributed by atoms with Crippen LogP contribution in [-0.4, -0.2) is 31.1 Å². The van der Waals surface area contributed by atoms with Gasteiger partial charge in [0.25, 0.3) is 0 Å². The van der Waals surface area contributed by atoms with E-state index < -0.39 is 0 Å². The van der Waals surface area contributed by atoms with Gasteiger partial charge in [-0.05, 0) is 80.8 Å². The monoisotopic (exact) mass is 373 g/mol. The van der Waals surface area contributed by atoms with Gasteiger partial charge in [0.1, 0.15) is 5.75 Å². The van der Waals surface area contributed by atoms with Crippen LogP contribution in [0.3, 0.4) is 0 Å². The summed E-state index contributed by atoms with van der Waals surface area (Å²) in [6, 6.07) is 8.71. The molecule has 1 saturated heterocycles. The van der Waals surface area contributed by atoms with Crippen LogP contribution >= 0.6 is 0 Å². The van der Waals surface area contributed by atoms with Crippen molar-refractivity contribution in [3.05, 3.63) is 29.8 Å². The van der Waals surface area contributed by atoms with Gasteiger partial charge in [0.15, 0.2) is 0 Å². The summed E-state index contributed by atoms with van der Waals surface area (Å²) in [5, 5.41) is 0. The summed E-state index contributed by atoms with van der Waals surface area (Å²) in [6.07, 6.45) is 11.9. The highest BCUT2D eigenvalue weighted by molar-refractivity contribution is 5.31. The van der Waals surface area contributed by atoms with Gasteiger partial charge < -0.3 is 9.64 Å². The Hall–Kier alpha value is -1.02. The lowest BCUT2D eigenvalue weighted by Gasteiger charge is -2.30. The standard InChI is InChI=1S/C25H43NO/c1-5-25(3,4)23-12-14-24(15-13-23)27-21-11-9-7-6-8-10-18-26-19-16-22(2)17-20-26/h12-15,22H,5-11,16-21H2,1-4H3. The summed E-state index contributed by atoms with van der Waals surface area (Å²) >= 11 is 0. The average Bonchev–Trinajstić information content (AvgIpc) is 2.68. The van der Waals surface area contributed by atoms with Crippen molar-refractivity contribution in [3.63, 3.8) is 0 Å². The maximum atomic E-state index is 5.92. The summed E-state index contributed by atoms with van der Waals surface area (Å²) < 4.78 is 5.92. The minimum atomic E-state index is 0.255. The number of benzene rings is 1. The van der Waals surface area contributed by atoms with E-state index in [0.717, 1.165) is 24.7 Å². The maximum absolute atomic E-state index is 5.92. The molecule has 0 saturated carbocycles. The van der Waals surface area contributed by atoms with Crippen molar-refractivity contribution in [3.8, 4) is 5.75 Å². The molecular weight excluding hydrogens is 330 g/mol. The van der Waals surface area contributed by atoms with Crippen LogP contribution in [0.1, 0.15) is 91.0 Å². The molecule has 0 unspecified atom stereocenters. The van der Waals surface area contributed by atoms with Crippen LogP contribution in [0.2, 0.25) is 0 Å². The Morgan fingerprint density at radius 3 is 2.15 bits per heavy atom. The lowest BCUT2D eigenvalue weighted by Crippen LogP contribution is -2.33. The van der Waals surface area contributed by atoms with Gasteiger partial charge in [-0.2, -0.15) is 0 Å². The highest BCUT2D eigenvalue weighted by Crippen LogP contribution is 2.28. The summed E-state index contributed by atoms with van der Waals surface area (Å²) in [6.45, 7) is 14.1. The van der Waals surface area contributed by atoms with Crippen LogP contribution in [0.5, 0.6) is 5.75 Å². The largest absolute Gasteiger partial charge is 0.494 e. The zero-order chi connectivity index (χ0) is 19.5. The minimum Gasteiger partial charge on any atom is -0.494 e. The van der Waals surface area contributed by atoms with Crippen LogP contribution < -0.4 is 4.74 Å². The topological polar surface area (TPSA) is 12.5 Å². The van der Waals surface area contributed by atoms with E-state index in [-0.39, 0.29) is 5.41 Å². The third-order valence-corrected chi connectivity index (χ3v) is 6.53. The molecule has 2 rings (SSSR count). The molecule has 0 spiro atoms. The first-order chi connectivity index (χ1) is 13.0. The Balaban J connectivity index is 1.45. The van der Waals surface area contributed by atoms with Crippen LogP contribution in [-0.2, 0) is 5.41 Å². The van der Waals surface area contributed by atoms with E-state index >= 15 is 0 Å². The number of hydrogen-bond acceptors (Lipinski definition) is 2. The fourth-order valence-corrected chi connectivity index (χ4v) is 3.83. The molecule has 0 atom stereocenters. The quantitative estimate of drug-likeness (QED) is 0.372. The third kappa shape index (κ3) is 8.25. The van der Waals surface area contributed by atoms with Crippen molar-refractivity contribution >= 4 is 0 Å². The Kier molecular flexibility index (Phi) is 9.68.